The second kappa shape index (κ2) is 7.66. The molecule has 5 rings (SSSR count). The normalized spacial score (nSPS) is 23.3. The van der Waals surface area contributed by atoms with Gasteiger partial charge in [-0.25, -0.2) is 4.79 Å². The SMILES string of the molecule is Cc1ccc(NC(=O)[C@H]2[C@H]3NC(=O)N(c4ccccc4)[C@@]2(C)Oc2ccc(C)cc23)c(C)c1. The first-order chi connectivity index (χ1) is 15.8. The van der Waals surface area contributed by atoms with Crippen LogP contribution in [0.25, 0.3) is 0 Å². The predicted octanol–water partition coefficient (Wildman–Crippen LogP) is 5.25. The van der Waals surface area contributed by atoms with E-state index < -0.39 is 17.7 Å². The number of carbonyl (C=O) groups is 2. The molecule has 0 unspecified atom stereocenters. The Kier molecular flexibility index (Phi) is 4.89. The minimum atomic E-state index is -1.22. The second-order valence-electron chi connectivity index (χ2n) is 9.08. The third-order valence-electron chi connectivity index (χ3n) is 6.59. The molecule has 6 heteroatoms. The highest BCUT2D eigenvalue weighted by atomic mass is 16.5. The number of carbonyl (C=O) groups excluding carboxylic acids is 2. The number of urea groups is 1. The third kappa shape index (κ3) is 3.42. The summed E-state index contributed by atoms with van der Waals surface area (Å²) in [6.45, 7) is 7.80. The Balaban J connectivity index is 1.63. The Morgan fingerprint density at radius 1 is 1.00 bits per heavy atom. The maximum absolute atomic E-state index is 13.8. The summed E-state index contributed by atoms with van der Waals surface area (Å²) in [6, 6.07) is 20.3. The molecule has 2 aliphatic heterocycles. The van der Waals surface area contributed by atoms with E-state index in [1.54, 1.807) is 4.90 Å². The van der Waals surface area contributed by atoms with Crippen molar-refractivity contribution in [2.75, 3.05) is 10.2 Å². The van der Waals surface area contributed by atoms with E-state index in [1.165, 1.54) is 0 Å². The zero-order valence-electron chi connectivity index (χ0n) is 19.2. The number of nitrogens with one attached hydrogen (secondary N) is 2. The van der Waals surface area contributed by atoms with Gasteiger partial charge in [0.2, 0.25) is 11.6 Å². The Hall–Kier alpha value is -3.80. The van der Waals surface area contributed by atoms with Crippen LogP contribution < -0.4 is 20.3 Å². The smallest absolute Gasteiger partial charge is 0.325 e. The molecule has 0 aromatic heterocycles. The molecular weight excluding hydrogens is 414 g/mol. The summed E-state index contributed by atoms with van der Waals surface area (Å²) in [5.74, 6) is -0.224. The molecule has 3 atom stereocenters. The maximum Gasteiger partial charge on any atom is 0.325 e. The number of nitrogens with zero attached hydrogens (tertiary/aromatic N) is 1. The molecule has 2 aliphatic rings. The van der Waals surface area contributed by atoms with Gasteiger partial charge in [-0.05, 0) is 57.5 Å². The molecule has 6 nitrogen and oxygen atoms in total. The lowest BCUT2D eigenvalue weighted by molar-refractivity contribution is -0.131. The fraction of sp³-hybridized carbons (Fsp3) is 0.259. The van der Waals surface area contributed by atoms with Crippen LogP contribution in [0.5, 0.6) is 5.75 Å². The van der Waals surface area contributed by atoms with Crippen LogP contribution in [0.3, 0.4) is 0 Å². The Bertz CT molecular complexity index is 1260. The summed E-state index contributed by atoms with van der Waals surface area (Å²) in [4.78, 5) is 28.7. The molecule has 0 saturated carbocycles. The first kappa shape index (κ1) is 21.1. The van der Waals surface area contributed by atoms with E-state index in [1.807, 2.05) is 94.4 Å². The van der Waals surface area contributed by atoms with Crippen LogP contribution in [0.1, 0.15) is 35.2 Å². The van der Waals surface area contributed by atoms with Crippen molar-refractivity contribution in [2.24, 2.45) is 5.92 Å². The van der Waals surface area contributed by atoms with Gasteiger partial charge in [-0.3, -0.25) is 9.69 Å². The zero-order chi connectivity index (χ0) is 23.3. The maximum atomic E-state index is 13.8. The van der Waals surface area contributed by atoms with Crippen molar-refractivity contribution in [1.29, 1.82) is 0 Å². The summed E-state index contributed by atoms with van der Waals surface area (Å²) in [5, 5.41) is 6.19. The zero-order valence-corrected chi connectivity index (χ0v) is 19.2. The van der Waals surface area contributed by atoms with Crippen molar-refractivity contribution in [3.8, 4) is 5.75 Å². The molecule has 2 heterocycles. The van der Waals surface area contributed by atoms with E-state index in [0.717, 1.165) is 27.9 Å². The molecular formula is C27H27N3O3. The number of ether oxygens (including phenoxy) is 1. The average Bonchev–Trinajstić information content (AvgIpc) is 2.76. The number of aryl methyl sites for hydroxylation is 3. The molecule has 0 radical (unpaired) electrons. The van der Waals surface area contributed by atoms with E-state index in [9.17, 15) is 9.59 Å². The van der Waals surface area contributed by atoms with Gasteiger partial charge < -0.3 is 15.4 Å². The first-order valence-corrected chi connectivity index (χ1v) is 11.1. The molecule has 3 aromatic rings. The fourth-order valence-electron chi connectivity index (χ4n) is 5.03. The van der Waals surface area contributed by atoms with Crippen molar-refractivity contribution in [2.45, 2.75) is 39.5 Å². The number of benzene rings is 3. The lowest BCUT2D eigenvalue weighted by Crippen LogP contribution is -2.72. The highest BCUT2D eigenvalue weighted by Gasteiger charge is 2.60. The number of para-hydroxylation sites is 1. The lowest BCUT2D eigenvalue weighted by atomic mass is 9.78. The van der Waals surface area contributed by atoms with E-state index >= 15 is 0 Å². The van der Waals surface area contributed by atoms with Gasteiger partial charge >= 0.3 is 6.03 Å². The molecule has 2 N–H and O–H groups in total. The minimum Gasteiger partial charge on any atom is -0.466 e. The molecule has 0 spiro atoms. The van der Waals surface area contributed by atoms with Gasteiger partial charge in [0.15, 0.2) is 0 Å². The molecule has 1 fully saturated rings. The molecule has 3 amide bonds. The number of hydrogen-bond donors (Lipinski definition) is 2. The van der Waals surface area contributed by atoms with E-state index in [4.69, 9.17) is 4.74 Å². The van der Waals surface area contributed by atoms with Gasteiger partial charge in [0.1, 0.15) is 11.7 Å². The van der Waals surface area contributed by atoms with Gasteiger partial charge in [-0.1, -0.05) is 53.6 Å². The number of anilines is 2. The fourth-order valence-corrected chi connectivity index (χ4v) is 5.03. The van der Waals surface area contributed by atoms with Gasteiger partial charge in [0.25, 0.3) is 0 Å². The van der Waals surface area contributed by atoms with Gasteiger partial charge in [-0.2, -0.15) is 0 Å². The summed E-state index contributed by atoms with van der Waals surface area (Å²) >= 11 is 0. The second-order valence-corrected chi connectivity index (χ2v) is 9.08. The van der Waals surface area contributed by atoms with Crippen molar-refractivity contribution in [1.82, 2.24) is 5.32 Å². The van der Waals surface area contributed by atoms with Crippen LogP contribution in [0, 0.1) is 26.7 Å². The van der Waals surface area contributed by atoms with Crippen LogP contribution in [0.2, 0.25) is 0 Å². The summed E-state index contributed by atoms with van der Waals surface area (Å²) in [6.07, 6.45) is 0. The van der Waals surface area contributed by atoms with Crippen molar-refractivity contribution >= 4 is 23.3 Å². The van der Waals surface area contributed by atoms with E-state index in [0.29, 0.717) is 11.4 Å². The molecule has 1 saturated heterocycles. The van der Waals surface area contributed by atoms with Gasteiger partial charge in [0.05, 0.1) is 6.04 Å². The van der Waals surface area contributed by atoms with Crippen LogP contribution in [-0.2, 0) is 4.79 Å². The number of amides is 3. The molecule has 168 valence electrons. The summed E-state index contributed by atoms with van der Waals surface area (Å²) in [5.41, 5.74) is 4.15. The van der Waals surface area contributed by atoms with E-state index in [2.05, 4.69) is 10.6 Å². The largest absolute Gasteiger partial charge is 0.466 e. The van der Waals surface area contributed by atoms with Crippen LogP contribution in [-0.4, -0.2) is 17.7 Å². The summed E-state index contributed by atoms with van der Waals surface area (Å²) in [7, 11) is 0. The molecule has 0 aliphatic carbocycles. The molecule has 2 bridgehead atoms. The first-order valence-electron chi connectivity index (χ1n) is 11.1. The Labute approximate surface area is 193 Å². The molecule has 3 aromatic carbocycles. The van der Waals surface area contributed by atoms with Crippen molar-refractivity contribution in [3.05, 3.63) is 89.0 Å². The molecule has 33 heavy (non-hydrogen) atoms. The number of rotatable bonds is 3. The number of fused-ring (bicyclic) bond motifs is 4. The minimum absolute atomic E-state index is 0.206. The monoisotopic (exact) mass is 441 g/mol. The topological polar surface area (TPSA) is 70.7 Å². The van der Waals surface area contributed by atoms with Crippen molar-refractivity contribution in [3.63, 3.8) is 0 Å². The van der Waals surface area contributed by atoms with Crippen LogP contribution in [0.15, 0.2) is 66.7 Å². The highest BCUT2D eigenvalue weighted by molar-refractivity contribution is 6.01. The van der Waals surface area contributed by atoms with Crippen LogP contribution in [0.4, 0.5) is 16.2 Å². The predicted molar refractivity (Wildman–Crippen MR) is 128 cm³/mol. The highest BCUT2D eigenvalue weighted by Crippen LogP contribution is 2.50. The quantitative estimate of drug-likeness (QED) is 0.583. The third-order valence-corrected chi connectivity index (χ3v) is 6.59. The lowest BCUT2D eigenvalue weighted by Gasteiger charge is -2.54. The van der Waals surface area contributed by atoms with Crippen LogP contribution >= 0.6 is 0 Å². The number of hydrogen-bond acceptors (Lipinski definition) is 3. The van der Waals surface area contributed by atoms with Gasteiger partial charge in [-0.15, -0.1) is 0 Å². The van der Waals surface area contributed by atoms with Gasteiger partial charge in [0, 0.05) is 16.9 Å². The standard InChI is InChI=1S/C27H27N3O3/c1-16-10-12-21(18(3)14-16)28-25(31)23-24-20-15-17(2)11-13-22(20)33-27(23,4)30(26(32)29-24)19-8-6-5-7-9-19/h5-15,23-24H,1-4H3,(H,28,31)(H,29,32)/t23-,24+,27+/m1/s1. The van der Waals surface area contributed by atoms with E-state index in [-0.39, 0.29) is 11.9 Å². The van der Waals surface area contributed by atoms with Crippen molar-refractivity contribution < 1.29 is 14.3 Å². The summed E-state index contributed by atoms with van der Waals surface area (Å²) < 4.78 is 6.51. The Morgan fingerprint density at radius 3 is 2.42 bits per heavy atom. The Morgan fingerprint density at radius 2 is 1.70 bits per heavy atom. The average molecular weight is 442 g/mol.